The van der Waals surface area contributed by atoms with E-state index in [1.165, 1.54) is 0 Å². The fraction of sp³-hybridized carbons (Fsp3) is 0.375. The topological polar surface area (TPSA) is 25.8 Å². The van der Waals surface area contributed by atoms with E-state index in [2.05, 4.69) is 37.7 Å². The molecule has 2 nitrogen and oxygen atoms in total. The van der Waals surface area contributed by atoms with Gasteiger partial charge in [0.2, 0.25) is 0 Å². The average Bonchev–Trinajstić information content (AvgIpc) is 2.49. The minimum Gasteiger partial charge on any atom is -0.255 e. The highest BCUT2D eigenvalue weighted by molar-refractivity contribution is 7.29. The minimum atomic E-state index is -2.31. The van der Waals surface area contributed by atoms with Crippen LogP contribution in [-0.4, -0.2) is 17.4 Å². The van der Waals surface area contributed by atoms with Crippen molar-refractivity contribution in [3.8, 4) is 11.4 Å². The lowest BCUT2D eigenvalue weighted by atomic mass is 10.2. The van der Waals surface area contributed by atoms with Crippen LogP contribution < -0.4 is 5.19 Å². The Hall–Kier alpha value is -0.613. The van der Waals surface area contributed by atoms with Crippen LogP contribution >= 0.6 is 34.3 Å². The molecular weight excluding hydrogens is 355 g/mol. The van der Waals surface area contributed by atoms with Gasteiger partial charge in [-0.25, -0.2) is 0 Å². The smallest absolute Gasteiger partial charge is 0.195 e. The average molecular weight is 374 g/mol. The van der Waals surface area contributed by atoms with Gasteiger partial charge in [0, 0.05) is 12.4 Å². The first-order valence-electron chi connectivity index (χ1n) is 7.24. The maximum absolute atomic E-state index is 7.05. The summed E-state index contributed by atoms with van der Waals surface area (Å²) in [6.45, 7) is 8.54. The van der Waals surface area contributed by atoms with Gasteiger partial charge in [-0.15, -0.1) is 0 Å². The maximum Gasteiger partial charge on any atom is 0.195 e. The summed E-state index contributed by atoms with van der Waals surface area (Å²) in [5.74, 6) is 0. The molecule has 0 aliphatic carbocycles. The Labute approximate surface area is 147 Å². The van der Waals surface area contributed by atoms with E-state index in [1.54, 1.807) is 12.4 Å². The molecule has 22 heavy (non-hydrogen) atoms. The molecule has 0 fully saturated rings. The summed E-state index contributed by atoms with van der Waals surface area (Å²) in [4.78, 5) is 8.80. The Bertz CT molecular complexity index is 652. The summed E-state index contributed by atoms with van der Waals surface area (Å²) in [5.41, 5.74) is 1.95. The molecule has 0 N–H and O–H groups in total. The molecular formula is C16H19Cl3N2Si. The molecule has 0 unspecified atom stereocenters. The molecule has 0 saturated heterocycles. The van der Waals surface area contributed by atoms with Crippen LogP contribution in [0, 0.1) is 0 Å². The molecule has 0 saturated carbocycles. The summed E-state index contributed by atoms with van der Waals surface area (Å²) >= 11 is 20.1. The number of aromatic nitrogens is 2. The normalized spacial score (nSPS) is 12.2. The molecule has 0 atom stereocenters. The number of hydrogen-bond donors (Lipinski definition) is 0. The molecule has 0 aromatic carbocycles. The van der Waals surface area contributed by atoms with Crippen LogP contribution in [0.25, 0.3) is 11.4 Å². The molecule has 6 heteroatoms. The van der Waals surface area contributed by atoms with Crippen LogP contribution in [0.1, 0.15) is 27.7 Å². The highest BCUT2D eigenvalue weighted by atomic mass is 35.6. The van der Waals surface area contributed by atoms with Gasteiger partial charge < -0.3 is 0 Å². The second-order valence-corrected chi connectivity index (χ2v) is 13.0. The van der Waals surface area contributed by atoms with Crippen molar-refractivity contribution in [2.75, 3.05) is 0 Å². The van der Waals surface area contributed by atoms with Gasteiger partial charge in [-0.2, -0.15) is 11.1 Å². The molecule has 0 amide bonds. The molecule has 0 bridgehead atoms. The zero-order valence-corrected chi connectivity index (χ0v) is 16.3. The molecule has 0 radical (unpaired) electrons. The summed E-state index contributed by atoms with van der Waals surface area (Å²) in [6.07, 6.45) is 3.50. The van der Waals surface area contributed by atoms with Crippen LogP contribution in [-0.2, 0) is 0 Å². The summed E-state index contributed by atoms with van der Waals surface area (Å²) in [5, 5.41) is 1.85. The number of halogens is 3. The van der Waals surface area contributed by atoms with Gasteiger partial charge in [0.1, 0.15) is 5.69 Å². The Balaban J connectivity index is 2.61. The van der Waals surface area contributed by atoms with Crippen LogP contribution in [0.15, 0.2) is 30.6 Å². The third-order valence-electron chi connectivity index (χ3n) is 3.96. The first-order valence-corrected chi connectivity index (χ1v) is 11.2. The summed E-state index contributed by atoms with van der Waals surface area (Å²) in [6, 6.07) is 5.60. The van der Waals surface area contributed by atoms with E-state index in [0.717, 1.165) is 5.19 Å². The molecule has 0 spiro atoms. The molecule has 0 aliphatic heterocycles. The van der Waals surface area contributed by atoms with E-state index in [0.29, 0.717) is 32.5 Å². The van der Waals surface area contributed by atoms with Crippen molar-refractivity contribution in [3.63, 3.8) is 0 Å². The van der Waals surface area contributed by atoms with Crippen molar-refractivity contribution in [1.29, 1.82) is 0 Å². The lowest BCUT2D eigenvalue weighted by Crippen LogP contribution is -2.48. The fourth-order valence-electron chi connectivity index (χ4n) is 2.70. The van der Waals surface area contributed by atoms with Crippen molar-refractivity contribution in [2.24, 2.45) is 0 Å². The second kappa shape index (κ2) is 6.87. The van der Waals surface area contributed by atoms with E-state index in [1.807, 2.05) is 18.2 Å². The molecule has 0 aliphatic rings. The van der Waals surface area contributed by atoms with E-state index < -0.39 is 7.38 Å². The molecule has 2 aromatic heterocycles. The zero-order valence-electron chi connectivity index (χ0n) is 13.1. The minimum absolute atomic E-state index is 0.324. The van der Waals surface area contributed by atoms with Gasteiger partial charge >= 0.3 is 0 Å². The predicted octanol–water partition coefficient (Wildman–Crippen LogP) is 5.66. The van der Waals surface area contributed by atoms with Crippen molar-refractivity contribution in [2.45, 2.75) is 38.8 Å². The second-order valence-electron chi connectivity index (χ2n) is 5.94. The number of rotatable bonds is 4. The Morgan fingerprint density at radius 1 is 0.955 bits per heavy atom. The van der Waals surface area contributed by atoms with Gasteiger partial charge in [-0.1, -0.05) is 57.0 Å². The van der Waals surface area contributed by atoms with Crippen molar-refractivity contribution in [1.82, 2.24) is 9.97 Å². The predicted molar refractivity (Wildman–Crippen MR) is 98.9 cm³/mol. The largest absolute Gasteiger partial charge is 0.255 e. The Morgan fingerprint density at radius 3 is 2.09 bits per heavy atom. The molecule has 2 rings (SSSR count). The fourth-order valence-corrected chi connectivity index (χ4v) is 7.51. The SMILES string of the molecule is CC(C)[Si](Cl)(c1cnc(-c2ccccn2)c(Cl)c1Cl)C(C)C. The van der Waals surface area contributed by atoms with Gasteiger partial charge in [0.05, 0.1) is 15.7 Å². The van der Waals surface area contributed by atoms with Crippen molar-refractivity contribution < 1.29 is 0 Å². The third kappa shape index (κ3) is 3.05. The number of pyridine rings is 2. The first kappa shape index (κ1) is 17.7. The van der Waals surface area contributed by atoms with Gasteiger partial charge in [0.15, 0.2) is 7.38 Å². The third-order valence-corrected chi connectivity index (χ3v) is 12.8. The maximum atomic E-state index is 7.05. The lowest BCUT2D eigenvalue weighted by Gasteiger charge is -2.33. The quantitative estimate of drug-likeness (QED) is 0.510. The molecule has 2 aromatic rings. The lowest BCUT2D eigenvalue weighted by molar-refractivity contribution is 0.939. The van der Waals surface area contributed by atoms with Crippen LogP contribution in [0.3, 0.4) is 0 Å². The highest BCUT2D eigenvalue weighted by Crippen LogP contribution is 2.39. The molecule has 118 valence electrons. The monoisotopic (exact) mass is 372 g/mol. The summed E-state index contributed by atoms with van der Waals surface area (Å²) < 4.78 is 0. The van der Waals surface area contributed by atoms with Crippen LogP contribution in [0.4, 0.5) is 0 Å². The standard InChI is InChI=1S/C16H19Cl3N2Si/c1-10(2)22(19,11(3)4)13-9-21-16(15(18)14(13)17)12-7-5-6-8-20-12/h5-11H,1-4H3. The van der Waals surface area contributed by atoms with Gasteiger partial charge in [-0.3, -0.25) is 9.97 Å². The van der Waals surface area contributed by atoms with E-state index in [9.17, 15) is 0 Å². The van der Waals surface area contributed by atoms with E-state index >= 15 is 0 Å². The molecule has 2 heterocycles. The van der Waals surface area contributed by atoms with Gasteiger partial charge in [0.25, 0.3) is 0 Å². The van der Waals surface area contributed by atoms with Crippen LogP contribution in [0.2, 0.25) is 21.1 Å². The zero-order chi connectivity index (χ0) is 16.5. The first-order chi connectivity index (χ1) is 10.3. The van der Waals surface area contributed by atoms with Crippen molar-refractivity contribution in [3.05, 3.63) is 40.6 Å². The highest BCUT2D eigenvalue weighted by Gasteiger charge is 2.42. The van der Waals surface area contributed by atoms with Gasteiger partial charge in [-0.05, 0) is 28.4 Å². The number of hydrogen-bond acceptors (Lipinski definition) is 2. The number of nitrogens with zero attached hydrogens (tertiary/aromatic N) is 2. The van der Waals surface area contributed by atoms with E-state index in [4.69, 9.17) is 34.3 Å². The van der Waals surface area contributed by atoms with Crippen molar-refractivity contribution >= 4 is 46.9 Å². The van der Waals surface area contributed by atoms with Crippen LogP contribution in [0.5, 0.6) is 0 Å². The van der Waals surface area contributed by atoms with E-state index in [-0.39, 0.29) is 0 Å². The Morgan fingerprint density at radius 2 is 1.59 bits per heavy atom. The summed E-state index contributed by atoms with van der Waals surface area (Å²) in [7, 11) is -2.31. The Kier molecular flexibility index (Phi) is 5.54.